The summed E-state index contributed by atoms with van der Waals surface area (Å²) in [7, 11) is 2.08. The number of carbonyl (C=O) groups excluding carboxylic acids is 1. The van der Waals surface area contributed by atoms with E-state index < -0.39 is 0 Å². The number of nitrogens with one attached hydrogen (secondary N) is 2. The predicted molar refractivity (Wildman–Crippen MR) is 74.8 cm³/mol. The summed E-state index contributed by atoms with van der Waals surface area (Å²) in [6.07, 6.45) is 0.429. The largest absolute Gasteiger partial charge is 0.397 e. The summed E-state index contributed by atoms with van der Waals surface area (Å²) in [6, 6.07) is 3.79. The van der Waals surface area contributed by atoms with Gasteiger partial charge in [-0.15, -0.1) is 0 Å². The Morgan fingerprint density at radius 1 is 1.50 bits per heavy atom. The van der Waals surface area contributed by atoms with E-state index in [0.717, 1.165) is 36.6 Å². The van der Waals surface area contributed by atoms with Crippen LogP contribution in [0.25, 0.3) is 0 Å². The number of hydrogen-bond acceptors (Lipinski definition) is 4. The fourth-order valence-corrected chi connectivity index (χ4v) is 1.99. The number of hydrogen-bond donors (Lipinski definition) is 3. The van der Waals surface area contributed by atoms with Crippen molar-refractivity contribution >= 4 is 23.0 Å². The molecule has 0 saturated carbocycles. The minimum Gasteiger partial charge on any atom is -0.397 e. The highest BCUT2D eigenvalue weighted by molar-refractivity contribution is 6.00. The molecule has 18 heavy (non-hydrogen) atoms. The molecule has 5 heteroatoms. The summed E-state index contributed by atoms with van der Waals surface area (Å²) in [5.74, 6) is 0.0345. The van der Waals surface area contributed by atoms with Crippen LogP contribution in [0, 0.1) is 0 Å². The fraction of sp³-hybridized carbons (Fsp3) is 0.462. The maximum absolute atomic E-state index is 11.3. The number of nitrogens with two attached hydrogens (primary N) is 1. The molecule has 5 nitrogen and oxygen atoms in total. The Hall–Kier alpha value is -1.75. The van der Waals surface area contributed by atoms with Gasteiger partial charge in [0.25, 0.3) is 0 Å². The third kappa shape index (κ3) is 2.73. The highest BCUT2D eigenvalue weighted by atomic mass is 16.1. The molecule has 1 heterocycles. The number of rotatable bonds is 5. The lowest BCUT2D eigenvalue weighted by atomic mass is 10.1. The molecule has 2 rings (SSSR count). The Bertz CT molecular complexity index is 459. The Balaban J connectivity index is 2.01. The molecule has 0 radical (unpaired) electrons. The Labute approximate surface area is 107 Å². The average Bonchev–Trinajstić information content (AvgIpc) is 2.68. The van der Waals surface area contributed by atoms with Gasteiger partial charge in [0.2, 0.25) is 5.91 Å². The second-order valence-corrected chi connectivity index (χ2v) is 4.64. The molecule has 0 spiro atoms. The summed E-state index contributed by atoms with van der Waals surface area (Å²) in [5.41, 5.74) is 9.42. The van der Waals surface area contributed by atoms with Crippen LogP contribution in [0.2, 0.25) is 0 Å². The fourth-order valence-electron chi connectivity index (χ4n) is 1.99. The molecule has 1 aromatic carbocycles. The van der Waals surface area contributed by atoms with Gasteiger partial charge < -0.3 is 21.3 Å². The van der Waals surface area contributed by atoms with Crippen molar-refractivity contribution in [1.29, 1.82) is 0 Å². The van der Waals surface area contributed by atoms with E-state index in [4.69, 9.17) is 5.73 Å². The quantitative estimate of drug-likeness (QED) is 0.683. The highest BCUT2D eigenvalue weighted by Crippen LogP contribution is 2.31. The zero-order valence-corrected chi connectivity index (χ0v) is 10.9. The van der Waals surface area contributed by atoms with Crippen molar-refractivity contribution in [3.63, 3.8) is 0 Å². The van der Waals surface area contributed by atoms with Crippen molar-refractivity contribution in [3.8, 4) is 0 Å². The van der Waals surface area contributed by atoms with E-state index >= 15 is 0 Å². The second-order valence-electron chi connectivity index (χ2n) is 4.64. The molecule has 0 fully saturated rings. The first-order valence-electron chi connectivity index (χ1n) is 6.24. The lowest BCUT2D eigenvalue weighted by Crippen LogP contribution is -2.24. The minimum atomic E-state index is 0.0345. The lowest BCUT2D eigenvalue weighted by Gasteiger charge is -2.16. The second kappa shape index (κ2) is 5.27. The smallest absolute Gasteiger partial charge is 0.228 e. The van der Waals surface area contributed by atoms with Gasteiger partial charge in [-0.05, 0) is 31.3 Å². The van der Waals surface area contributed by atoms with Crippen LogP contribution < -0.4 is 16.4 Å². The van der Waals surface area contributed by atoms with E-state index in [2.05, 4.69) is 29.5 Å². The van der Waals surface area contributed by atoms with Gasteiger partial charge in [-0.2, -0.15) is 0 Å². The zero-order valence-electron chi connectivity index (χ0n) is 10.9. The van der Waals surface area contributed by atoms with Crippen LogP contribution in [-0.2, 0) is 11.2 Å². The van der Waals surface area contributed by atoms with Crippen LogP contribution in [0.3, 0.4) is 0 Å². The van der Waals surface area contributed by atoms with Crippen molar-refractivity contribution < 1.29 is 4.79 Å². The van der Waals surface area contributed by atoms with Crippen molar-refractivity contribution in [1.82, 2.24) is 4.90 Å². The molecule has 1 amide bonds. The summed E-state index contributed by atoms with van der Waals surface area (Å²) in [4.78, 5) is 13.5. The van der Waals surface area contributed by atoms with E-state index in [1.807, 2.05) is 12.1 Å². The van der Waals surface area contributed by atoms with Gasteiger partial charge in [-0.3, -0.25) is 4.79 Å². The van der Waals surface area contributed by atoms with Crippen molar-refractivity contribution in [2.75, 3.05) is 43.0 Å². The molecule has 0 bridgehead atoms. The Morgan fingerprint density at radius 2 is 2.28 bits per heavy atom. The van der Waals surface area contributed by atoms with Crippen LogP contribution >= 0.6 is 0 Å². The molecular weight excluding hydrogens is 228 g/mol. The van der Waals surface area contributed by atoms with Gasteiger partial charge in [-0.25, -0.2) is 0 Å². The SMILES string of the molecule is CCN(C)CCNc1cc2c(cc1N)CC(=O)N2. The zero-order chi connectivity index (χ0) is 13.1. The van der Waals surface area contributed by atoms with Gasteiger partial charge in [0, 0.05) is 18.8 Å². The third-order valence-corrected chi connectivity index (χ3v) is 3.25. The van der Waals surface area contributed by atoms with Gasteiger partial charge in [0.1, 0.15) is 0 Å². The minimum absolute atomic E-state index is 0.0345. The molecule has 1 aliphatic rings. The molecule has 1 aliphatic heterocycles. The summed E-state index contributed by atoms with van der Waals surface area (Å²) >= 11 is 0. The third-order valence-electron chi connectivity index (χ3n) is 3.25. The number of carbonyl (C=O) groups is 1. The maximum atomic E-state index is 11.3. The monoisotopic (exact) mass is 248 g/mol. The van der Waals surface area contributed by atoms with Crippen LogP contribution in [0.15, 0.2) is 12.1 Å². The van der Waals surface area contributed by atoms with Crippen molar-refractivity contribution in [2.24, 2.45) is 0 Å². The van der Waals surface area contributed by atoms with Crippen LogP contribution in [-0.4, -0.2) is 37.5 Å². The van der Waals surface area contributed by atoms with Gasteiger partial charge in [-0.1, -0.05) is 6.92 Å². The number of nitrogen functional groups attached to an aromatic ring is 1. The van der Waals surface area contributed by atoms with E-state index in [1.54, 1.807) is 0 Å². The van der Waals surface area contributed by atoms with E-state index in [1.165, 1.54) is 0 Å². The van der Waals surface area contributed by atoms with Crippen molar-refractivity contribution in [3.05, 3.63) is 17.7 Å². The number of anilines is 3. The maximum Gasteiger partial charge on any atom is 0.228 e. The molecule has 4 N–H and O–H groups in total. The molecule has 0 aliphatic carbocycles. The lowest BCUT2D eigenvalue weighted by molar-refractivity contribution is -0.115. The van der Waals surface area contributed by atoms with E-state index in [0.29, 0.717) is 12.1 Å². The first-order valence-corrected chi connectivity index (χ1v) is 6.24. The van der Waals surface area contributed by atoms with Crippen molar-refractivity contribution in [2.45, 2.75) is 13.3 Å². The summed E-state index contributed by atoms with van der Waals surface area (Å²) in [6.45, 7) is 4.94. The van der Waals surface area contributed by atoms with Gasteiger partial charge >= 0.3 is 0 Å². The molecule has 1 aromatic rings. The molecule has 98 valence electrons. The molecule has 0 atom stereocenters. The Morgan fingerprint density at radius 3 is 3.00 bits per heavy atom. The summed E-state index contributed by atoms with van der Waals surface area (Å²) in [5, 5.41) is 6.14. The van der Waals surface area contributed by atoms with Crippen LogP contribution in [0.4, 0.5) is 17.1 Å². The van der Waals surface area contributed by atoms with Crippen LogP contribution in [0.5, 0.6) is 0 Å². The first-order chi connectivity index (χ1) is 8.60. The molecule has 0 unspecified atom stereocenters. The normalized spacial score (nSPS) is 13.6. The van der Waals surface area contributed by atoms with E-state index in [9.17, 15) is 4.79 Å². The topological polar surface area (TPSA) is 70.4 Å². The predicted octanol–water partition coefficient (Wildman–Crippen LogP) is 1.13. The first kappa shape index (κ1) is 12.7. The van der Waals surface area contributed by atoms with Gasteiger partial charge in [0.05, 0.1) is 17.8 Å². The number of amides is 1. The average molecular weight is 248 g/mol. The van der Waals surface area contributed by atoms with Gasteiger partial charge in [0.15, 0.2) is 0 Å². The molecular formula is C13H20N4O. The molecule has 0 saturated heterocycles. The van der Waals surface area contributed by atoms with E-state index in [-0.39, 0.29) is 5.91 Å². The Kier molecular flexibility index (Phi) is 3.72. The number of nitrogens with zero attached hydrogens (tertiary/aromatic N) is 1. The molecule has 0 aromatic heterocycles. The highest BCUT2D eigenvalue weighted by Gasteiger charge is 2.19. The number of fused-ring (bicyclic) bond motifs is 1. The number of likely N-dealkylation sites (N-methyl/N-ethyl adjacent to an activating group) is 1. The number of benzene rings is 1. The standard InChI is InChI=1S/C13H20N4O/c1-3-17(2)5-4-15-12-8-11-9(6-10(12)14)7-13(18)16-11/h6,8,15H,3-5,7,14H2,1-2H3,(H,16,18). The summed E-state index contributed by atoms with van der Waals surface area (Å²) < 4.78 is 0. The van der Waals surface area contributed by atoms with Crippen LogP contribution in [0.1, 0.15) is 12.5 Å².